The second kappa shape index (κ2) is 8.70. The van der Waals surface area contributed by atoms with Gasteiger partial charge in [-0.05, 0) is 42.8 Å². The fourth-order valence-corrected chi connectivity index (χ4v) is 4.99. The minimum atomic E-state index is -1.33. The van der Waals surface area contributed by atoms with Gasteiger partial charge in [-0.15, -0.1) is 23.2 Å². The minimum absolute atomic E-state index is 0.167. The smallest absolute Gasteiger partial charge is 0.252 e. The lowest BCUT2D eigenvalue weighted by atomic mass is 10.1. The number of rotatable bonds is 5. The highest BCUT2D eigenvalue weighted by Gasteiger charge is 2.67. The highest BCUT2D eigenvalue weighted by molar-refractivity contribution is 6.53. The van der Waals surface area contributed by atoms with Crippen molar-refractivity contribution in [1.82, 2.24) is 5.32 Å². The zero-order valence-electron chi connectivity index (χ0n) is 14.8. The lowest BCUT2D eigenvalue weighted by Gasteiger charge is -2.11. The molecule has 0 heterocycles. The highest BCUT2D eigenvalue weighted by atomic mass is 35.5. The van der Waals surface area contributed by atoms with Gasteiger partial charge in [-0.2, -0.15) is 0 Å². The van der Waals surface area contributed by atoms with Crippen LogP contribution in [0.25, 0.3) is 0 Å². The number of hydrogen-bond donors (Lipinski definition) is 2. The molecule has 10 heteroatoms. The number of amides is 2. The molecule has 2 N–H and O–H groups in total. The molecule has 29 heavy (non-hydrogen) atoms. The van der Waals surface area contributed by atoms with Crippen molar-refractivity contribution in [2.75, 3.05) is 11.9 Å². The van der Waals surface area contributed by atoms with E-state index < -0.39 is 22.1 Å². The first-order valence-electron chi connectivity index (χ1n) is 8.48. The molecule has 0 spiro atoms. The van der Waals surface area contributed by atoms with Crippen molar-refractivity contribution in [3.63, 3.8) is 0 Å². The Labute approximate surface area is 197 Å². The molecule has 2 aromatic carbocycles. The maximum Gasteiger partial charge on any atom is 0.252 e. The zero-order chi connectivity index (χ0) is 21.5. The summed E-state index contributed by atoms with van der Waals surface area (Å²) in [6.45, 7) is 2.20. The Hall–Kier alpha value is -0.880. The SMILES string of the molecule is CCNC(=O)c1cc(NC(=O)[C@H]2[C@H](c3cc(Cl)cc(Cl)c3)C2(Cl)Cl)c(Cl)cc1Cl. The molecule has 0 saturated heterocycles. The number of anilines is 1. The van der Waals surface area contributed by atoms with Gasteiger partial charge in [0, 0.05) is 22.5 Å². The molecule has 2 atom stereocenters. The highest BCUT2D eigenvalue weighted by Crippen LogP contribution is 2.65. The van der Waals surface area contributed by atoms with Gasteiger partial charge in [-0.3, -0.25) is 9.59 Å². The van der Waals surface area contributed by atoms with Crippen LogP contribution >= 0.6 is 69.6 Å². The Balaban J connectivity index is 1.85. The average Bonchev–Trinajstić information content (AvgIpc) is 3.19. The molecule has 3 rings (SSSR count). The third-order valence-electron chi connectivity index (χ3n) is 4.48. The van der Waals surface area contributed by atoms with E-state index in [2.05, 4.69) is 10.6 Å². The maximum absolute atomic E-state index is 12.8. The predicted octanol–water partition coefficient (Wildman–Crippen LogP) is 6.58. The lowest BCUT2D eigenvalue weighted by molar-refractivity contribution is -0.117. The van der Waals surface area contributed by atoms with E-state index in [4.69, 9.17) is 69.6 Å². The largest absolute Gasteiger partial charge is 0.352 e. The summed E-state index contributed by atoms with van der Waals surface area (Å²) in [4.78, 5) is 25.0. The van der Waals surface area contributed by atoms with E-state index in [1.165, 1.54) is 12.1 Å². The molecule has 0 radical (unpaired) electrons. The Morgan fingerprint density at radius 2 is 1.59 bits per heavy atom. The van der Waals surface area contributed by atoms with Crippen molar-refractivity contribution >= 4 is 87.1 Å². The summed E-state index contributed by atoms with van der Waals surface area (Å²) in [5, 5.41) is 6.49. The van der Waals surface area contributed by atoms with Gasteiger partial charge >= 0.3 is 0 Å². The normalized spacial score (nSPS) is 19.6. The van der Waals surface area contributed by atoms with Crippen LogP contribution < -0.4 is 10.6 Å². The molecule has 0 bridgehead atoms. The van der Waals surface area contributed by atoms with Crippen LogP contribution in [0.2, 0.25) is 20.1 Å². The van der Waals surface area contributed by atoms with Crippen molar-refractivity contribution in [1.29, 1.82) is 0 Å². The molecule has 4 nitrogen and oxygen atoms in total. The second-order valence-corrected chi connectivity index (χ2v) is 9.62. The van der Waals surface area contributed by atoms with E-state index in [-0.39, 0.29) is 27.2 Å². The summed E-state index contributed by atoms with van der Waals surface area (Å²) in [6.07, 6.45) is 0. The summed E-state index contributed by atoms with van der Waals surface area (Å²) in [6, 6.07) is 7.69. The summed E-state index contributed by atoms with van der Waals surface area (Å²) in [7, 11) is 0. The van der Waals surface area contributed by atoms with Gasteiger partial charge in [0.05, 0.1) is 27.2 Å². The molecule has 1 fully saturated rings. The van der Waals surface area contributed by atoms with E-state index in [9.17, 15) is 9.59 Å². The number of hydrogen-bond acceptors (Lipinski definition) is 2. The molecule has 2 amide bonds. The number of halogens is 6. The van der Waals surface area contributed by atoms with Crippen molar-refractivity contribution in [2.24, 2.45) is 5.92 Å². The van der Waals surface area contributed by atoms with Crippen LogP contribution in [0.15, 0.2) is 30.3 Å². The lowest BCUT2D eigenvalue weighted by Crippen LogP contribution is -2.23. The van der Waals surface area contributed by atoms with Crippen molar-refractivity contribution in [3.8, 4) is 0 Å². The molecule has 0 aromatic heterocycles. The number of alkyl halides is 2. The molecule has 1 saturated carbocycles. The first-order chi connectivity index (χ1) is 13.6. The van der Waals surface area contributed by atoms with Gasteiger partial charge in [-0.1, -0.05) is 46.4 Å². The van der Waals surface area contributed by atoms with Crippen molar-refractivity contribution < 1.29 is 9.59 Å². The van der Waals surface area contributed by atoms with Gasteiger partial charge in [-0.25, -0.2) is 0 Å². The Morgan fingerprint density at radius 3 is 2.17 bits per heavy atom. The number of carbonyl (C=O) groups is 2. The van der Waals surface area contributed by atoms with Crippen molar-refractivity contribution in [3.05, 3.63) is 61.5 Å². The number of carbonyl (C=O) groups excluding carboxylic acids is 2. The molecule has 154 valence electrons. The van der Waals surface area contributed by atoms with E-state index >= 15 is 0 Å². The quantitative estimate of drug-likeness (QED) is 0.443. The van der Waals surface area contributed by atoms with Crippen LogP contribution in [-0.2, 0) is 4.79 Å². The molecule has 0 aliphatic heterocycles. The predicted molar refractivity (Wildman–Crippen MR) is 120 cm³/mol. The molecule has 2 aromatic rings. The van der Waals surface area contributed by atoms with Crippen LogP contribution in [0.3, 0.4) is 0 Å². The van der Waals surface area contributed by atoms with Gasteiger partial charge < -0.3 is 10.6 Å². The summed E-state index contributed by atoms with van der Waals surface area (Å²) >= 11 is 37.1. The van der Waals surface area contributed by atoms with Gasteiger partial charge in [0.1, 0.15) is 4.33 Å². The fourth-order valence-electron chi connectivity index (χ4n) is 3.11. The monoisotopic (exact) mass is 512 g/mol. The topological polar surface area (TPSA) is 58.2 Å². The fraction of sp³-hybridized carbons (Fsp3) is 0.263. The van der Waals surface area contributed by atoms with E-state index in [1.807, 2.05) is 0 Å². The molecular weight excluding hydrogens is 501 g/mol. The minimum Gasteiger partial charge on any atom is -0.352 e. The van der Waals surface area contributed by atoms with Crippen LogP contribution in [0.5, 0.6) is 0 Å². The van der Waals surface area contributed by atoms with Crippen LogP contribution in [0, 0.1) is 5.92 Å². The van der Waals surface area contributed by atoms with Crippen LogP contribution in [0.1, 0.15) is 28.8 Å². The molecule has 1 aliphatic carbocycles. The van der Waals surface area contributed by atoms with Crippen LogP contribution in [0.4, 0.5) is 5.69 Å². The molecular formula is C19H14Cl6N2O2. The standard InChI is InChI=1S/C19H14Cl6N2O2/c1-2-26-17(28)11-6-14(13(23)7-12(11)22)27-18(29)16-15(19(16,24)25)8-3-9(20)5-10(21)4-8/h3-7,15-16H,2H2,1H3,(H,26,28)(H,27,29)/t15-,16+/m0/s1. The Morgan fingerprint density at radius 1 is 0.966 bits per heavy atom. The summed E-state index contributed by atoms with van der Waals surface area (Å²) < 4.78 is -1.33. The summed E-state index contributed by atoms with van der Waals surface area (Å²) in [5.74, 6) is -2.11. The van der Waals surface area contributed by atoms with E-state index in [0.717, 1.165) is 0 Å². The number of nitrogens with one attached hydrogen (secondary N) is 2. The van der Waals surface area contributed by atoms with Gasteiger partial charge in [0.15, 0.2) is 0 Å². The average molecular weight is 515 g/mol. The maximum atomic E-state index is 12.8. The first-order valence-corrected chi connectivity index (χ1v) is 10.7. The van der Waals surface area contributed by atoms with Gasteiger partial charge in [0.25, 0.3) is 5.91 Å². The first kappa shape index (κ1) is 22.8. The van der Waals surface area contributed by atoms with E-state index in [1.54, 1.807) is 25.1 Å². The molecule has 0 unspecified atom stereocenters. The van der Waals surface area contributed by atoms with E-state index in [0.29, 0.717) is 22.2 Å². The third kappa shape index (κ3) is 4.73. The third-order valence-corrected chi connectivity index (χ3v) is 6.48. The zero-order valence-corrected chi connectivity index (χ0v) is 19.4. The number of benzene rings is 2. The second-order valence-electron chi connectivity index (χ2n) is 6.49. The summed E-state index contributed by atoms with van der Waals surface area (Å²) in [5.41, 5.74) is 1.06. The Kier molecular flexibility index (Phi) is 6.84. The molecule has 1 aliphatic rings. The Bertz CT molecular complexity index is 975. The van der Waals surface area contributed by atoms with Gasteiger partial charge in [0.2, 0.25) is 5.91 Å². The van der Waals surface area contributed by atoms with Crippen LogP contribution in [-0.4, -0.2) is 22.7 Å². The van der Waals surface area contributed by atoms with Crippen molar-refractivity contribution in [2.45, 2.75) is 17.2 Å².